The van der Waals surface area contributed by atoms with Crippen LogP contribution in [0.2, 0.25) is 0 Å². The van der Waals surface area contributed by atoms with Crippen LogP contribution in [0.25, 0.3) is 0 Å². The van der Waals surface area contributed by atoms with Gasteiger partial charge in [-0.2, -0.15) is 0 Å². The number of esters is 1. The average molecular weight is 425 g/mol. The van der Waals surface area contributed by atoms with E-state index < -0.39 is 12.0 Å². The lowest BCUT2D eigenvalue weighted by molar-refractivity contribution is -0.117. The molecule has 1 aliphatic heterocycles. The van der Waals surface area contributed by atoms with Crippen molar-refractivity contribution >= 4 is 23.6 Å². The lowest BCUT2D eigenvalue weighted by Gasteiger charge is -2.35. The molecule has 164 valence electrons. The van der Waals surface area contributed by atoms with Crippen molar-refractivity contribution in [2.24, 2.45) is 0 Å². The maximum absolute atomic E-state index is 12.5. The molecule has 0 unspecified atom stereocenters. The molecule has 1 aliphatic rings. The van der Waals surface area contributed by atoms with E-state index in [1.54, 1.807) is 36.1 Å². The van der Waals surface area contributed by atoms with Gasteiger partial charge in [0, 0.05) is 38.4 Å². The molecule has 8 heteroatoms. The Morgan fingerprint density at radius 1 is 0.968 bits per heavy atom. The zero-order valence-electron chi connectivity index (χ0n) is 17.8. The van der Waals surface area contributed by atoms with E-state index >= 15 is 0 Å². The number of ether oxygens (including phenoxy) is 1. The summed E-state index contributed by atoms with van der Waals surface area (Å²) in [6, 6.07) is 15.7. The van der Waals surface area contributed by atoms with Gasteiger partial charge in [-0.25, -0.2) is 9.59 Å². The molecule has 1 saturated heterocycles. The number of methoxy groups -OCH3 is 1. The second-order valence-electron chi connectivity index (χ2n) is 7.48. The third kappa shape index (κ3) is 6.29. The zero-order chi connectivity index (χ0) is 22.2. The van der Waals surface area contributed by atoms with Gasteiger partial charge in [0.2, 0.25) is 5.91 Å². The second-order valence-corrected chi connectivity index (χ2v) is 7.48. The third-order valence-corrected chi connectivity index (χ3v) is 5.22. The normalized spacial score (nSPS) is 15.1. The van der Waals surface area contributed by atoms with Gasteiger partial charge in [-0.05, 0) is 36.8 Å². The quantitative estimate of drug-likeness (QED) is 0.695. The van der Waals surface area contributed by atoms with Crippen LogP contribution in [0.1, 0.15) is 22.8 Å². The van der Waals surface area contributed by atoms with Crippen LogP contribution in [0.3, 0.4) is 0 Å². The molecule has 2 N–H and O–H groups in total. The second kappa shape index (κ2) is 10.6. The summed E-state index contributed by atoms with van der Waals surface area (Å²) < 4.78 is 4.65. The van der Waals surface area contributed by atoms with Crippen LogP contribution in [-0.2, 0) is 16.1 Å². The third-order valence-electron chi connectivity index (χ3n) is 5.22. The van der Waals surface area contributed by atoms with Gasteiger partial charge in [-0.1, -0.05) is 30.3 Å². The van der Waals surface area contributed by atoms with Gasteiger partial charge in [-0.15, -0.1) is 0 Å². The van der Waals surface area contributed by atoms with Crippen molar-refractivity contribution in [2.75, 3.05) is 38.6 Å². The molecule has 31 heavy (non-hydrogen) atoms. The number of hydrogen-bond acceptors (Lipinski definition) is 5. The summed E-state index contributed by atoms with van der Waals surface area (Å²) in [5.74, 6) is -0.774. The van der Waals surface area contributed by atoms with Gasteiger partial charge in [0.15, 0.2) is 0 Å². The van der Waals surface area contributed by atoms with Gasteiger partial charge in [-0.3, -0.25) is 9.69 Å². The number of nitrogens with zero attached hydrogens (tertiary/aromatic N) is 2. The Bertz CT molecular complexity index is 894. The molecule has 3 amide bonds. The summed E-state index contributed by atoms with van der Waals surface area (Å²) in [4.78, 5) is 40.5. The summed E-state index contributed by atoms with van der Waals surface area (Å²) >= 11 is 0. The first-order valence-electron chi connectivity index (χ1n) is 10.3. The molecule has 0 aromatic heterocycles. The molecule has 0 bridgehead atoms. The Hall–Kier alpha value is -3.39. The predicted octanol–water partition coefficient (Wildman–Crippen LogP) is 2.33. The van der Waals surface area contributed by atoms with Gasteiger partial charge < -0.3 is 20.3 Å². The number of piperazine rings is 1. The summed E-state index contributed by atoms with van der Waals surface area (Å²) in [6.45, 7) is 5.31. The monoisotopic (exact) mass is 424 g/mol. The lowest BCUT2D eigenvalue weighted by Crippen LogP contribution is -2.54. The van der Waals surface area contributed by atoms with E-state index in [0.29, 0.717) is 24.3 Å². The standard InChI is InChI=1S/C23H28N4O4/c1-17(21(28)25-20-10-8-19(9-11-20)22(29)31-2)24-23(30)27-14-12-26(13-15-27)16-18-6-4-3-5-7-18/h3-11,17H,12-16H2,1-2H3,(H,24,30)(H,25,28)/t17-/m1/s1. The topological polar surface area (TPSA) is 91.0 Å². The first kappa shape index (κ1) is 22.3. The SMILES string of the molecule is COC(=O)c1ccc(NC(=O)[C@@H](C)NC(=O)N2CCN(Cc3ccccc3)CC2)cc1. The fourth-order valence-electron chi connectivity index (χ4n) is 3.35. The van der Waals surface area contributed by atoms with Crippen LogP contribution >= 0.6 is 0 Å². The van der Waals surface area contributed by atoms with Gasteiger partial charge in [0.1, 0.15) is 6.04 Å². The van der Waals surface area contributed by atoms with Gasteiger partial charge in [0.05, 0.1) is 12.7 Å². The number of carbonyl (C=O) groups is 3. The van der Waals surface area contributed by atoms with E-state index in [0.717, 1.165) is 19.6 Å². The van der Waals surface area contributed by atoms with Crippen molar-refractivity contribution in [2.45, 2.75) is 19.5 Å². The van der Waals surface area contributed by atoms with E-state index in [-0.39, 0.29) is 11.9 Å². The first-order valence-corrected chi connectivity index (χ1v) is 10.3. The highest BCUT2D eigenvalue weighted by molar-refractivity contribution is 5.97. The van der Waals surface area contributed by atoms with Crippen molar-refractivity contribution in [1.82, 2.24) is 15.1 Å². The van der Waals surface area contributed by atoms with E-state index in [9.17, 15) is 14.4 Å². The smallest absolute Gasteiger partial charge is 0.337 e. The fourth-order valence-corrected chi connectivity index (χ4v) is 3.35. The molecule has 1 heterocycles. The molecule has 1 atom stereocenters. The van der Waals surface area contributed by atoms with Crippen LogP contribution in [0.15, 0.2) is 54.6 Å². The minimum atomic E-state index is -0.699. The largest absolute Gasteiger partial charge is 0.465 e. The van der Waals surface area contributed by atoms with Crippen LogP contribution < -0.4 is 10.6 Å². The minimum Gasteiger partial charge on any atom is -0.465 e. The number of nitrogens with one attached hydrogen (secondary N) is 2. The maximum Gasteiger partial charge on any atom is 0.337 e. The van der Waals surface area contributed by atoms with E-state index in [1.165, 1.54) is 12.7 Å². The van der Waals surface area contributed by atoms with Crippen molar-refractivity contribution in [1.29, 1.82) is 0 Å². The highest BCUT2D eigenvalue weighted by Crippen LogP contribution is 2.12. The van der Waals surface area contributed by atoms with Gasteiger partial charge in [0.25, 0.3) is 0 Å². The van der Waals surface area contributed by atoms with Crippen molar-refractivity contribution < 1.29 is 19.1 Å². The van der Waals surface area contributed by atoms with E-state index in [2.05, 4.69) is 32.4 Å². The zero-order valence-corrected chi connectivity index (χ0v) is 17.8. The maximum atomic E-state index is 12.5. The Labute approximate surface area is 182 Å². The number of benzene rings is 2. The molecule has 2 aromatic carbocycles. The Balaban J connectivity index is 1.43. The summed E-state index contributed by atoms with van der Waals surface area (Å²) in [5, 5.41) is 5.49. The number of amides is 3. The Morgan fingerprint density at radius 2 is 1.61 bits per heavy atom. The summed E-state index contributed by atoms with van der Waals surface area (Å²) in [7, 11) is 1.31. The Morgan fingerprint density at radius 3 is 2.23 bits per heavy atom. The van der Waals surface area contributed by atoms with Crippen LogP contribution in [0.5, 0.6) is 0 Å². The summed E-state index contributed by atoms with van der Waals surface area (Å²) in [5.41, 5.74) is 2.19. The summed E-state index contributed by atoms with van der Waals surface area (Å²) in [6.07, 6.45) is 0. The molecule has 1 fully saturated rings. The van der Waals surface area contributed by atoms with Crippen molar-refractivity contribution in [3.05, 3.63) is 65.7 Å². The molecule has 0 saturated carbocycles. The molecular weight excluding hydrogens is 396 g/mol. The van der Waals surface area contributed by atoms with E-state index in [1.807, 2.05) is 18.2 Å². The fraction of sp³-hybridized carbons (Fsp3) is 0.348. The lowest BCUT2D eigenvalue weighted by atomic mass is 10.2. The number of hydrogen-bond donors (Lipinski definition) is 2. The highest BCUT2D eigenvalue weighted by Gasteiger charge is 2.24. The molecular formula is C23H28N4O4. The molecule has 0 aliphatic carbocycles. The average Bonchev–Trinajstić information content (AvgIpc) is 2.80. The molecule has 8 nitrogen and oxygen atoms in total. The molecule has 2 aromatic rings. The van der Waals surface area contributed by atoms with Crippen molar-refractivity contribution in [3.63, 3.8) is 0 Å². The number of rotatable bonds is 6. The van der Waals surface area contributed by atoms with Crippen molar-refractivity contribution in [3.8, 4) is 0 Å². The van der Waals surface area contributed by atoms with Gasteiger partial charge >= 0.3 is 12.0 Å². The van der Waals surface area contributed by atoms with Crippen LogP contribution in [-0.4, -0.2) is 67.0 Å². The minimum absolute atomic E-state index is 0.247. The first-order chi connectivity index (χ1) is 15.0. The number of anilines is 1. The molecule has 0 radical (unpaired) electrons. The Kier molecular flexibility index (Phi) is 7.61. The number of carbonyl (C=O) groups excluding carboxylic acids is 3. The highest BCUT2D eigenvalue weighted by atomic mass is 16.5. The molecule has 3 rings (SSSR count). The predicted molar refractivity (Wildman–Crippen MR) is 118 cm³/mol. The van der Waals surface area contributed by atoms with Crippen LogP contribution in [0.4, 0.5) is 10.5 Å². The van der Waals surface area contributed by atoms with Crippen LogP contribution in [0, 0.1) is 0 Å². The number of urea groups is 1. The molecule has 0 spiro atoms. The van der Waals surface area contributed by atoms with E-state index in [4.69, 9.17) is 0 Å².